The summed E-state index contributed by atoms with van der Waals surface area (Å²) >= 11 is 0. The Labute approximate surface area is 165 Å². The summed E-state index contributed by atoms with van der Waals surface area (Å²) in [5.41, 5.74) is 0.779. The highest BCUT2D eigenvalue weighted by Crippen LogP contribution is 2.24. The normalized spacial score (nSPS) is 15.0. The molecule has 2 aromatic rings. The second-order valence-electron chi connectivity index (χ2n) is 6.34. The standard InChI is InChI=1S/C18H18F3N3O4S/c19-18(20,21)12-28-17-13(3-1-9-22-17)11-23-29(26,27)15-7-5-14(6-8-15)24-10-2-4-16(24)25/h1,3,5-9,23H,2,4,10-12H2. The molecule has 0 spiro atoms. The number of alkyl halides is 3. The zero-order chi connectivity index (χ0) is 21.1. The fourth-order valence-electron chi connectivity index (χ4n) is 2.82. The maximum Gasteiger partial charge on any atom is 0.422 e. The van der Waals surface area contributed by atoms with Gasteiger partial charge in [0.05, 0.1) is 4.90 Å². The number of pyridine rings is 1. The molecule has 0 bridgehead atoms. The van der Waals surface area contributed by atoms with Crippen LogP contribution in [0.3, 0.4) is 0 Å². The zero-order valence-electron chi connectivity index (χ0n) is 15.1. The molecule has 11 heteroatoms. The van der Waals surface area contributed by atoms with Crippen LogP contribution >= 0.6 is 0 Å². The highest BCUT2D eigenvalue weighted by atomic mass is 32.2. The van der Waals surface area contributed by atoms with Crippen LogP contribution in [0, 0.1) is 0 Å². The predicted molar refractivity (Wildman–Crippen MR) is 97.8 cm³/mol. The van der Waals surface area contributed by atoms with E-state index >= 15 is 0 Å². The quantitative estimate of drug-likeness (QED) is 0.731. The van der Waals surface area contributed by atoms with E-state index in [0.29, 0.717) is 18.7 Å². The van der Waals surface area contributed by atoms with Crippen molar-refractivity contribution in [2.75, 3.05) is 18.1 Å². The summed E-state index contributed by atoms with van der Waals surface area (Å²) in [4.78, 5) is 17.0. The minimum Gasteiger partial charge on any atom is -0.468 e. The number of nitrogens with zero attached hydrogens (tertiary/aromatic N) is 2. The molecule has 0 unspecified atom stereocenters. The van der Waals surface area contributed by atoms with E-state index in [1.165, 1.54) is 30.5 Å². The van der Waals surface area contributed by atoms with Gasteiger partial charge in [-0.1, -0.05) is 6.07 Å². The molecule has 0 radical (unpaired) electrons. The Kier molecular flexibility index (Phi) is 6.08. The van der Waals surface area contributed by atoms with E-state index in [1.54, 1.807) is 17.0 Å². The highest BCUT2D eigenvalue weighted by molar-refractivity contribution is 7.89. The van der Waals surface area contributed by atoms with Crippen LogP contribution in [-0.2, 0) is 21.4 Å². The summed E-state index contributed by atoms with van der Waals surface area (Å²) in [6.07, 6.45) is -2.06. The van der Waals surface area contributed by atoms with Gasteiger partial charge < -0.3 is 9.64 Å². The van der Waals surface area contributed by atoms with Crippen LogP contribution in [-0.4, -0.2) is 38.6 Å². The number of halogens is 3. The molecule has 1 N–H and O–H groups in total. The van der Waals surface area contributed by atoms with Crippen LogP contribution in [0.1, 0.15) is 18.4 Å². The second kappa shape index (κ2) is 8.37. The maximum absolute atomic E-state index is 12.5. The molecular weight excluding hydrogens is 411 g/mol. The van der Waals surface area contributed by atoms with Crippen LogP contribution < -0.4 is 14.4 Å². The van der Waals surface area contributed by atoms with Crippen LogP contribution in [0.5, 0.6) is 5.88 Å². The number of aromatic nitrogens is 1. The average molecular weight is 429 g/mol. The van der Waals surface area contributed by atoms with Crippen LogP contribution in [0.4, 0.5) is 18.9 Å². The van der Waals surface area contributed by atoms with Crippen molar-refractivity contribution in [3.8, 4) is 5.88 Å². The number of hydrogen-bond donors (Lipinski definition) is 1. The first kappa shape index (κ1) is 21.1. The van der Waals surface area contributed by atoms with Gasteiger partial charge in [0.25, 0.3) is 0 Å². The van der Waals surface area contributed by atoms with Crippen LogP contribution in [0.2, 0.25) is 0 Å². The number of anilines is 1. The molecule has 1 aromatic carbocycles. The van der Waals surface area contributed by atoms with Crippen LogP contribution in [0.25, 0.3) is 0 Å². The SMILES string of the molecule is O=C1CCCN1c1ccc(S(=O)(=O)NCc2cccnc2OCC(F)(F)F)cc1. The number of amides is 1. The van der Waals surface area contributed by atoms with Gasteiger partial charge in [0.2, 0.25) is 21.8 Å². The number of carbonyl (C=O) groups is 1. The first-order valence-electron chi connectivity index (χ1n) is 8.69. The maximum atomic E-state index is 12.5. The van der Waals surface area contributed by atoms with Crippen molar-refractivity contribution in [2.45, 2.75) is 30.5 Å². The van der Waals surface area contributed by atoms with E-state index in [9.17, 15) is 26.4 Å². The number of rotatable bonds is 7. The monoisotopic (exact) mass is 429 g/mol. The van der Waals surface area contributed by atoms with Gasteiger partial charge in [-0.25, -0.2) is 18.1 Å². The fourth-order valence-corrected chi connectivity index (χ4v) is 3.83. The van der Waals surface area contributed by atoms with Gasteiger partial charge in [-0.15, -0.1) is 0 Å². The van der Waals surface area contributed by atoms with E-state index in [1.807, 2.05) is 0 Å². The van der Waals surface area contributed by atoms with Crippen molar-refractivity contribution in [2.24, 2.45) is 0 Å². The Bertz CT molecular complexity index is 979. The lowest BCUT2D eigenvalue weighted by atomic mass is 10.3. The number of sulfonamides is 1. The summed E-state index contributed by atoms with van der Waals surface area (Å²) < 4.78 is 69.0. The lowest BCUT2D eigenvalue weighted by Gasteiger charge is -2.16. The average Bonchev–Trinajstić information content (AvgIpc) is 3.11. The molecule has 156 valence electrons. The van der Waals surface area contributed by atoms with E-state index in [2.05, 4.69) is 14.4 Å². The van der Waals surface area contributed by atoms with Crippen molar-refractivity contribution in [1.82, 2.24) is 9.71 Å². The first-order valence-corrected chi connectivity index (χ1v) is 10.2. The molecule has 1 fully saturated rings. The van der Waals surface area contributed by atoms with Gasteiger partial charge in [-0.2, -0.15) is 13.2 Å². The van der Waals surface area contributed by atoms with E-state index in [-0.39, 0.29) is 28.8 Å². The van der Waals surface area contributed by atoms with Gasteiger partial charge in [0, 0.05) is 37.0 Å². The largest absolute Gasteiger partial charge is 0.468 e. The number of ether oxygens (including phenoxy) is 1. The number of benzene rings is 1. The van der Waals surface area contributed by atoms with Crippen molar-refractivity contribution in [1.29, 1.82) is 0 Å². The minimum atomic E-state index is -4.53. The third-order valence-corrected chi connectivity index (χ3v) is 5.62. The van der Waals surface area contributed by atoms with E-state index in [4.69, 9.17) is 0 Å². The molecule has 1 aliphatic rings. The summed E-state index contributed by atoms with van der Waals surface area (Å²) in [6, 6.07) is 8.70. The molecule has 2 heterocycles. The second-order valence-corrected chi connectivity index (χ2v) is 8.11. The molecule has 0 aliphatic carbocycles. The van der Waals surface area contributed by atoms with Gasteiger partial charge in [0.1, 0.15) is 0 Å². The van der Waals surface area contributed by atoms with Gasteiger partial charge >= 0.3 is 6.18 Å². The summed E-state index contributed by atoms with van der Waals surface area (Å²) in [5, 5.41) is 0. The number of carbonyl (C=O) groups excluding carboxylic acids is 1. The summed E-state index contributed by atoms with van der Waals surface area (Å²) in [7, 11) is -3.93. The molecule has 1 aliphatic heterocycles. The summed E-state index contributed by atoms with van der Waals surface area (Å²) in [5.74, 6) is -0.308. The molecule has 29 heavy (non-hydrogen) atoms. The Balaban J connectivity index is 1.68. The number of hydrogen-bond acceptors (Lipinski definition) is 5. The Morgan fingerprint density at radius 3 is 2.52 bits per heavy atom. The van der Waals surface area contributed by atoms with E-state index < -0.39 is 22.8 Å². The summed E-state index contributed by atoms with van der Waals surface area (Å²) in [6.45, 7) is -1.24. The van der Waals surface area contributed by atoms with Crippen molar-refractivity contribution in [3.05, 3.63) is 48.2 Å². The molecule has 1 saturated heterocycles. The van der Waals surface area contributed by atoms with E-state index in [0.717, 1.165) is 6.42 Å². The third kappa shape index (κ3) is 5.45. The van der Waals surface area contributed by atoms with Crippen molar-refractivity contribution in [3.63, 3.8) is 0 Å². The Morgan fingerprint density at radius 2 is 1.90 bits per heavy atom. The lowest BCUT2D eigenvalue weighted by molar-refractivity contribution is -0.154. The molecule has 7 nitrogen and oxygen atoms in total. The van der Waals surface area contributed by atoms with Gasteiger partial charge in [-0.05, 0) is 36.8 Å². The molecule has 3 rings (SSSR count). The number of nitrogens with one attached hydrogen (secondary N) is 1. The minimum absolute atomic E-state index is 0.0123. The molecular formula is C18H18F3N3O4S. The molecule has 0 saturated carbocycles. The van der Waals surface area contributed by atoms with Crippen molar-refractivity contribution < 1.29 is 31.1 Å². The zero-order valence-corrected chi connectivity index (χ0v) is 16.0. The Morgan fingerprint density at radius 1 is 1.17 bits per heavy atom. The lowest BCUT2D eigenvalue weighted by Crippen LogP contribution is -2.25. The van der Waals surface area contributed by atoms with Crippen LogP contribution in [0.15, 0.2) is 47.5 Å². The molecule has 0 atom stereocenters. The predicted octanol–water partition coefficient (Wildman–Crippen LogP) is 2.63. The highest BCUT2D eigenvalue weighted by Gasteiger charge is 2.29. The van der Waals surface area contributed by atoms with Gasteiger partial charge in [0.15, 0.2) is 6.61 Å². The first-order chi connectivity index (χ1) is 13.7. The molecule has 1 amide bonds. The molecule has 1 aromatic heterocycles. The third-order valence-electron chi connectivity index (χ3n) is 4.21. The van der Waals surface area contributed by atoms with Crippen molar-refractivity contribution >= 4 is 21.6 Å². The topological polar surface area (TPSA) is 88.6 Å². The fraction of sp³-hybridized carbons (Fsp3) is 0.333. The Hall–Kier alpha value is -2.66. The smallest absolute Gasteiger partial charge is 0.422 e. The van der Waals surface area contributed by atoms with Gasteiger partial charge in [-0.3, -0.25) is 4.79 Å².